The van der Waals surface area contributed by atoms with E-state index in [0.717, 1.165) is 12.8 Å². The molecular weight excluding hydrogens is 172 g/mol. The maximum absolute atomic E-state index is 5.48. The Morgan fingerprint density at radius 2 is 1.50 bits per heavy atom. The van der Waals surface area contributed by atoms with E-state index in [9.17, 15) is 0 Å². The molecule has 0 saturated heterocycles. The van der Waals surface area contributed by atoms with Crippen molar-refractivity contribution < 1.29 is 8.85 Å². The number of rotatable bonds is 7. The van der Waals surface area contributed by atoms with Crippen LogP contribution in [0.2, 0.25) is 5.54 Å². The molecule has 0 heterocycles. The minimum absolute atomic E-state index is 0.454. The highest BCUT2D eigenvalue weighted by atomic mass is 28.3. The quantitative estimate of drug-likeness (QED) is 0.537. The maximum atomic E-state index is 5.48. The first kappa shape index (κ1) is 12.1. The molecule has 4 nitrogen and oxygen atoms in total. The summed E-state index contributed by atoms with van der Waals surface area (Å²) in [5, 5.41) is 0. The van der Waals surface area contributed by atoms with Crippen molar-refractivity contribution in [2.45, 2.75) is 18.4 Å². The number of hydrogen-bond donors (Lipinski definition) is 2. The van der Waals surface area contributed by atoms with Gasteiger partial charge in [0, 0.05) is 19.8 Å². The molecule has 0 atom stereocenters. The molecule has 0 amide bonds. The SMILES string of the molecule is CO[SiH](OC)C(CCN)CCN. The monoisotopic (exact) mass is 192 g/mol. The van der Waals surface area contributed by atoms with Crippen molar-refractivity contribution in [2.24, 2.45) is 11.5 Å². The van der Waals surface area contributed by atoms with Gasteiger partial charge in [-0.2, -0.15) is 0 Å². The fraction of sp³-hybridized carbons (Fsp3) is 1.00. The summed E-state index contributed by atoms with van der Waals surface area (Å²) in [7, 11) is 1.89. The molecule has 5 heteroatoms. The molecule has 0 saturated carbocycles. The van der Waals surface area contributed by atoms with Crippen molar-refractivity contribution >= 4 is 9.28 Å². The van der Waals surface area contributed by atoms with Crippen LogP contribution in [0, 0.1) is 0 Å². The Bertz CT molecular complexity index is 95.4. The van der Waals surface area contributed by atoms with Gasteiger partial charge in [-0.05, 0) is 25.9 Å². The summed E-state index contributed by atoms with van der Waals surface area (Å²) in [5.74, 6) is 0. The van der Waals surface area contributed by atoms with Crippen LogP contribution in [0.5, 0.6) is 0 Å². The van der Waals surface area contributed by atoms with Gasteiger partial charge in [-0.1, -0.05) is 0 Å². The van der Waals surface area contributed by atoms with E-state index in [0.29, 0.717) is 18.6 Å². The van der Waals surface area contributed by atoms with Crippen molar-refractivity contribution in [1.82, 2.24) is 0 Å². The van der Waals surface area contributed by atoms with E-state index in [1.807, 2.05) is 0 Å². The third-order valence-corrected chi connectivity index (χ3v) is 4.29. The zero-order valence-corrected chi connectivity index (χ0v) is 9.11. The Morgan fingerprint density at radius 3 is 1.75 bits per heavy atom. The lowest BCUT2D eigenvalue weighted by atomic mass is 10.2. The van der Waals surface area contributed by atoms with Gasteiger partial charge >= 0.3 is 9.28 Å². The molecule has 0 rings (SSSR count). The molecular formula is C7H20N2O2Si. The van der Waals surface area contributed by atoms with Crippen LogP contribution in [0.3, 0.4) is 0 Å². The Kier molecular flexibility index (Phi) is 7.73. The van der Waals surface area contributed by atoms with Crippen LogP contribution in [0.15, 0.2) is 0 Å². The normalized spacial score (nSPS) is 11.5. The molecule has 0 aliphatic heterocycles. The second-order valence-electron chi connectivity index (χ2n) is 2.75. The van der Waals surface area contributed by atoms with Gasteiger partial charge < -0.3 is 20.3 Å². The van der Waals surface area contributed by atoms with Crippen LogP contribution in [-0.2, 0) is 8.85 Å². The van der Waals surface area contributed by atoms with E-state index < -0.39 is 9.28 Å². The van der Waals surface area contributed by atoms with E-state index in [2.05, 4.69) is 0 Å². The maximum Gasteiger partial charge on any atom is 0.324 e. The largest absolute Gasteiger partial charge is 0.400 e. The minimum atomic E-state index is -1.50. The summed E-state index contributed by atoms with van der Waals surface area (Å²) >= 11 is 0. The second-order valence-corrected chi connectivity index (χ2v) is 5.38. The molecule has 0 aliphatic carbocycles. The molecule has 0 aromatic carbocycles. The van der Waals surface area contributed by atoms with Gasteiger partial charge in [0.05, 0.1) is 0 Å². The summed E-state index contributed by atoms with van der Waals surface area (Å²) in [4.78, 5) is 0. The number of nitrogens with two attached hydrogens (primary N) is 2. The van der Waals surface area contributed by atoms with Crippen LogP contribution in [0.4, 0.5) is 0 Å². The molecule has 0 unspecified atom stereocenters. The van der Waals surface area contributed by atoms with Gasteiger partial charge in [0.15, 0.2) is 0 Å². The van der Waals surface area contributed by atoms with E-state index in [1.54, 1.807) is 14.2 Å². The lowest BCUT2D eigenvalue weighted by Crippen LogP contribution is -2.29. The Morgan fingerprint density at radius 1 is 1.08 bits per heavy atom. The summed E-state index contributed by atoms with van der Waals surface area (Å²) < 4.78 is 10.5. The lowest BCUT2D eigenvalue weighted by molar-refractivity contribution is 0.261. The first-order chi connectivity index (χ1) is 5.79. The molecule has 0 radical (unpaired) electrons. The molecule has 0 aliphatic rings. The predicted molar refractivity (Wildman–Crippen MR) is 52.3 cm³/mol. The summed E-state index contributed by atoms with van der Waals surface area (Å²) in [6.07, 6.45) is 1.91. The standard InChI is InChI=1S/C7H20N2O2Si/c1-10-12(11-2)7(3-5-8)4-6-9/h7,12H,3-6,8-9H2,1-2H3. The minimum Gasteiger partial charge on any atom is -0.400 e. The molecule has 74 valence electrons. The third kappa shape index (κ3) is 4.17. The first-order valence-corrected chi connectivity index (χ1v) is 5.86. The van der Waals surface area contributed by atoms with E-state index in [4.69, 9.17) is 20.3 Å². The van der Waals surface area contributed by atoms with E-state index in [1.165, 1.54) is 0 Å². The Balaban J connectivity index is 3.86. The topological polar surface area (TPSA) is 70.5 Å². The molecule has 0 aromatic heterocycles. The van der Waals surface area contributed by atoms with E-state index >= 15 is 0 Å². The Hall–Kier alpha value is 0.0569. The third-order valence-electron chi connectivity index (χ3n) is 1.92. The zero-order chi connectivity index (χ0) is 9.40. The molecule has 0 bridgehead atoms. The van der Waals surface area contributed by atoms with Crippen molar-refractivity contribution in [3.8, 4) is 0 Å². The van der Waals surface area contributed by atoms with Crippen LogP contribution in [0.25, 0.3) is 0 Å². The predicted octanol–water partition coefficient (Wildman–Crippen LogP) is -0.432. The average molecular weight is 192 g/mol. The highest BCUT2D eigenvalue weighted by Gasteiger charge is 2.22. The highest BCUT2D eigenvalue weighted by Crippen LogP contribution is 2.19. The fourth-order valence-corrected chi connectivity index (χ4v) is 3.22. The van der Waals surface area contributed by atoms with Gasteiger partial charge in [-0.25, -0.2) is 0 Å². The number of hydrogen-bond acceptors (Lipinski definition) is 4. The van der Waals surface area contributed by atoms with Crippen molar-refractivity contribution in [1.29, 1.82) is 0 Å². The lowest BCUT2D eigenvalue weighted by Gasteiger charge is -2.21. The van der Waals surface area contributed by atoms with Crippen LogP contribution < -0.4 is 11.5 Å². The second kappa shape index (κ2) is 7.69. The molecule has 0 spiro atoms. The Labute approximate surface area is 76.1 Å². The van der Waals surface area contributed by atoms with Crippen LogP contribution >= 0.6 is 0 Å². The zero-order valence-electron chi connectivity index (χ0n) is 7.95. The van der Waals surface area contributed by atoms with Crippen LogP contribution in [0.1, 0.15) is 12.8 Å². The van der Waals surface area contributed by atoms with Crippen molar-refractivity contribution in [2.75, 3.05) is 27.3 Å². The summed E-state index contributed by atoms with van der Waals surface area (Å²) in [5.41, 5.74) is 11.4. The molecule has 4 N–H and O–H groups in total. The van der Waals surface area contributed by atoms with Gasteiger partial charge in [0.2, 0.25) is 0 Å². The van der Waals surface area contributed by atoms with Crippen LogP contribution in [-0.4, -0.2) is 36.6 Å². The van der Waals surface area contributed by atoms with E-state index in [-0.39, 0.29) is 0 Å². The van der Waals surface area contributed by atoms with Gasteiger partial charge in [0.1, 0.15) is 0 Å². The smallest absolute Gasteiger partial charge is 0.324 e. The van der Waals surface area contributed by atoms with Crippen molar-refractivity contribution in [3.05, 3.63) is 0 Å². The fourth-order valence-electron chi connectivity index (χ4n) is 1.33. The van der Waals surface area contributed by atoms with Gasteiger partial charge in [-0.15, -0.1) is 0 Å². The molecule has 0 aromatic rings. The molecule has 0 fully saturated rings. The van der Waals surface area contributed by atoms with Gasteiger partial charge in [0.25, 0.3) is 0 Å². The summed E-state index contributed by atoms with van der Waals surface area (Å²) in [6.45, 7) is 1.36. The average Bonchev–Trinajstić information content (AvgIpc) is 2.07. The highest BCUT2D eigenvalue weighted by molar-refractivity contribution is 6.46. The van der Waals surface area contributed by atoms with Gasteiger partial charge in [-0.3, -0.25) is 0 Å². The molecule has 12 heavy (non-hydrogen) atoms. The first-order valence-electron chi connectivity index (χ1n) is 4.25. The van der Waals surface area contributed by atoms with Crippen molar-refractivity contribution in [3.63, 3.8) is 0 Å². The summed E-state index contributed by atoms with van der Waals surface area (Å²) in [6, 6.07) is 0.